The van der Waals surface area contributed by atoms with Crippen LogP contribution in [0.15, 0.2) is 42.5 Å². The molecule has 8 heteroatoms. The molecule has 272 valence electrons. The molecule has 0 fully saturated rings. The summed E-state index contributed by atoms with van der Waals surface area (Å²) in [6.45, 7) is 16.8. The van der Waals surface area contributed by atoms with Crippen LogP contribution in [-0.2, 0) is 0 Å². The van der Waals surface area contributed by atoms with E-state index in [1.165, 1.54) is 35.5 Å². The molecule has 4 heterocycles. The minimum Gasteiger partial charge on any atom is -0.491 e. The Morgan fingerprint density at radius 3 is 1.84 bits per heavy atom. The van der Waals surface area contributed by atoms with Gasteiger partial charge in [-0.15, -0.1) is 34.0 Å². The molecule has 51 heavy (non-hydrogen) atoms. The van der Waals surface area contributed by atoms with Crippen molar-refractivity contribution in [3.05, 3.63) is 63.3 Å². The van der Waals surface area contributed by atoms with Gasteiger partial charge in [0.15, 0.2) is 0 Å². The summed E-state index contributed by atoms with van der Waals surface area (Å²) in [5, 5.41) is 2.15. The summed E-state index contributed by atoms with van der Waals surface area (Å²) in [6, 6.07) is 13.8. The van der Waals surface area contributed by atoms with Crippen LogP contribution in [0.2, 0.25) is 0 Å². The first-order valence-corrected chi connectivity index (χ1v) is 21.6. The van der Waals surface area contributed by atoms with Crippen LogP contribution in [0.4, 0.5) is 5.69 Å². The largest absolute Gasteiger partial charge is 0.491 e. The molecule has 0 radical (unpaired) electrons. The first-order valence-electron chi connectivity index (χ1n) is 19.1. The molecule has 2 aromatic carbocycles. The Hall–Kier alpha value is -3.20. The maximum atomic E-state index is 14.3. The predicted molar refractivity (Wildman–Crippen MR) is 219 cm³/mol. The second kappa shape index (κ2) is 16.6. The SMILES string of the molecule is CCCCC(CC)COc1c2cc(-c3sc(C(C)CC)c4c3C(=O)N(c3ccccc3)C4=O)sc2c(OCC(CC)CCCC)c2cc(C)sc12. The van der Waals surface area contributed by atoms with Gasteiger partial charge in [-0.05, 0) is 68.2 Å². The number of unbranched alkanes of at least 4 members (excludes halogenated alkanes) is 2. The molecule has 5 nitrogen and oxygen atoms in total. The van der Waals surface area contributed by atoms with Gasteiger partial charge in [0.1, 0.15) is 11.5 Å². The lowest BCUT2D eigenvalue weighted by molar-refractivity contribution is 0.0926. The van der Waals surface area contributed by atoms with Crippen molar-refractivity contribution >= 4 is 71.7 Å². The molecular formula is C43H53NO4S3. The number of carbonyl (C=O) groups excluding carboxylic acids is 2. The summed E-state index contributed by atoms with van der Waals surface area (Å²) in [5.74, 6) is 2.50. The summed E-state index contributed by atoms with van der Waals surface area (Å²) in [4.78, 5) is 33.9. The van der Waals surface area contributed by atoms with E-state index in [2.05, 4.69) is 60.6 Å². The van der Waals surface area contributed by atoms with Crippen molar-refractivity contribution in [2.75, 3.05) is 18.1 Å². The van der Waals surface area contributed by atoms with E-state index in [4.69, 9.17) is 9.47 Å². The zero-order valence-electron chi connectivity index (χ0n) is 31.4. The number of hydrogen-bond acceptors (Lipinski definition) is 7. The maximum absolute atomic E-state index is 14.3. The van der Waals surface area contributed by atoms with Gasteiger partial charge >= 0.3 is 0 Å². The smallest absolute Gasteiger partial charge is 0.267 e. The molecule has 0 saturated heterocycles. The molecule has 1 aliphatic heterocycles. The highest BCUT2D eigenvalue weighted by Gasteiger charge is 2.44. The van der Waals surface area contributed by atoms with Crippen molar-refractivity contribution in [2.45, 2.75) is 112 Å². The lowest BCUT2D eigenvalue weighted by Gasteiger charge is -2.19. The molecule has 1 aliphatic rings. The number of hydrogen-bond donors (Lipinski definition) is 0. The van der Waals surface area contributed by atoms with E-state index < -0.39 is 0 Å². The summed E-state index contributed by atoms with van der Waals surface area (Å²) in [5.41, 5.74) is 1.72. The van der Waals surface area contributed by atoms with Gasteiger partial charge in [0.2, 0.25) is 0 Å². The molecule has 3 unspecified atom stereocenters. The Morgan fingerprint density at radius 1 is 0.706 bits per heavy atom. The van der Waals surface area contributed by atoms with Gasteiger partial charge in [0.05, 0.1) is 44.3 Å². The van der Waals surface area contributed by atoms with Crippen molar-refractivity contribution in [3.63, 3.8) is 0 Å². The number of fused-ring (bicyclic) bond motifs is 3. The van der Waals surface area contributed by atoms with E-state index in [1.54, 1.807) is 34.0 Å². The highest BCUT2D eigenvalue weighted by Crippen LogP contribution is 2.54. The Balaban J connectivity index is 1.53. The van der Waals surface area contributed by atoms with Crippen LogP contribution in [0, 0.1) is 18.8 Å². The van der Waals surface area contributed by atoms with Crippen molar-refractivity contribution in [2.24, 2.45) is 11.8 Å². The topological polar surface area (TPSA) is 55.8 Å². The Bertz CT molecular complexity index is 1910. The third-order valence-corrected chi connectivity index (χ3v) is 14.4. The number of carbonyl (C=O) groups is 2. The lowest BCUT2D eigenvalue weighted by atomic mass is 10.0. The fourth-order valence-electron chi connectivity index (χ4n) is 7.12. The van der Waals surface area contributed by atoms with Crippen LogP contribution in [-0.4, -0.2) is 25.0 Å². The standard InChI is InChI=1S/C43H53NO4S3/c1-8-13-18-28(11-4)24-47-36-31-22-27(7)49-39(31)37(48-25-29(12-5)19-14-9-2)32-23-33(50-40(32)36)41-35-34(38(51-41)26(6)10-3)42(45)44(43(35)46)30-20-16-15-17-21-30/h15-17,20-23,26,28-29H,8-14,18-19,24-25H2,1-7H3. The summed E-state index contributed by atoms with van der Waals surface area (Å²) >= 11 is 5.06. The van der Waals surface area contributed by atoms with Gasteiger partial charge in [-0.2, -0.15) is 0 Å². The van der Waals surface area contributed by atoms with Crippen molar-refractivity contribution in [3.8, 4) is 21.3 Å². The Kier molecular flexibility index (Phi) is 12.3. The number of benzene rings is 2. The zero-order chi connectivity index (χ0) is 36.2. The van der Waals surface area contributed by atoms with Gasteiger partial charge in [-0.1, -0.05) is 98.3 Å². The number of rotatable bonds is 18. The Morgan fingerprint density at radius 2 is 1.27 bits per heavy atom. The third-order valence-electron chi connectivity index (χ3n) is 10.6. The maximum Gasteiger partial charge on any atom is 0.267 e. The van der Waals surface area contributed by atoms with Crippen LogP contribution >= 0.6 is 34.0 Å². The number of para-hydroxylation sites is 1. The molecule has 3 atom stereocenters. The third kappa shape index (κ3) is 7.38. The number of ether oxygens (including phenoxy) is 2. The number of aryl methyl sites for hydroxylation is 1. The van der Waals surface area contributed by atoms with Crippen LogP contribution in [0.3, 0.4) is 0 Å². The number of nitrogens with zero attached hydrogens (tertiary/aromatic N) is 1. The van der Waals surface area contributed by atoms with E-state index in [0.29, 0.717) is 41.9 Å². The van der Waals surface area contributed by atoms with Crippen LogP contribution < -0.4 is 14.4 Å². The molecule has 0 spiro atoms. The Labute approximate surface area is 316 Å². The summed E-state index contributed by atoms with van der Waals surface area (Å²) in [6.07, 6.45) is 10.1. The fourth-order valence-corrected chi connectivity index (χ4v) is 10.8. The number of anilines is 1. The van der Waals surface area contributed by atoms with Crippen molar-refractivity contribution in [1.29, 1.82) is 0 Å². The van der Waals surface area contributed by atoms with E-state index >= 15 is 0 Å². The summed E-state index contributed by atoms with van der Waals surface area (Å²) in [7, 11) is 0. The molecular weight excluding hydrogens is 691 g/mol. The van der Waals surface area contributed by atoms with Crippen LogP contribution in [0.25, 0.3) is 29.9 Å². The monoisotopic (exact) mass is 743 g/mol. The lowest BCUT2D eigenvalue weighted by Crippen LogP contribution is -2.29. The van der Waals surface area contributed by atoms with Gasteiger partial charge in [-0.25, -0.2) is 4.90 Å². The van der Waals surface area contributed by atoms with Crippen LogP contribution in [0.5, 0.6) is 11.5 Å². The predicted octanol–water partition coefficient (Wildman–Crippen LogP) is 13.7. The molecule has 3 aromatic heterocycles. The fraction of sp³-hybridized carbons (Fsp3) is 0.488. The van der Waals surface area contributed by atoms with Gasteiger partial charge in [0.25, 0.3) is 11.8 Å². The van der Waals surface area contributed by atoms with Crippen molar-refractivity contribution < 1.29 is 19.1 Å². The first-order chi connectivity index (χ1) is 24.8. The molecule has 0 N–H and O–H groups in total. The molecule has 0 saturated carbocycles. The van der Waals surface area contributed by atoms with Gasteiger partial charge < -0.3 is 9.47 Å². The number of thiophene rings is 3. The second-order valence-corrected chi connectivity index (χ2v) is 17.6. The normalized spacial score (nSPS) is 14.8. The number of amides is 2. The van der Waals surface area contributed by atoms with E-state index in [0.717, 1.165) is 78.4 Å². The molecule has 0 bridgehead atoms. The number of imide groups is 1. The highest BCUT2D eigenvalue weighted by atomic mass is 32.1. The quantitative estimate of drug-likeness (QED) is 0.0839. The van der Waals surface area contributed by atoms with Gasteiger partial charge in [-0.3, -0.25) is 9.59 Å². The molecule has 6 rings (SSSR count). The summed E-state index contributed by atoms with van der Waals surface area (Å²) < 4.78 is 16.0. The molecule has 0 aliphatic carbocycles. The second-order valence-electron chi connectivity index (χ2n) is 14.2. The average molecular weight is 744 g/mol. The first kappa shape index (κ1) is 37.6. The average Bonchev–Trinajstić information content (AvgIpc) is 3.91. The van der Waals surface area contributed by atoms with E-state index in [9.17, 15) is 9.59 Å². The minimum atomic E-state index is -0.243. The van der Waals surface area contributed by atoms with E-state index in [1.807, 2.05) is 30.3 Å². The molecule has 2 amide bonds. The molecule has 5 aromatic rings. The minimum absolute atomic E-state index is 0.147. The van der Waals surface area contributed by atoms with Crippen LogP contribution in [0.1, 0.15) is 136 Å². The van der Waals surface area contributed by atoms with E-state index in [-0.39, 0.29) is 17.7 Å². The van der Waals surface area contributed by atoms with Gasteiger partial charge in [0, 0.05) is 25.4 Å². The van der Waals surface area contributed by atoms with Crippen molar-refractivity contribution in [1.82, 2.24) is 0 Å². The highest BCUT2D eigenvalue weighted by molar-refractivity contribution is 7.27. The zero-order valence-corrected chi connectivity index (χ0v) is 33.8.